The quantitative estimate of drug-likeness (QED) is 0.648. The molecule has 0 atom stereocenters. The van der Waals surface area contributed by atoms with Crippen LogP contribution in [-0.4, -0.2) is 49.5 Å². The second-order valence-corrected chi connectivity index (χ2v) is 8.00. The Labute approximate surface area is 175 Å². The summed E-state index contributed by atoms with van der Waals surface area (Å²) in [6.07, 6.45) is 6.30. The molecular formula is C22H27FN6O. The van der Waals surface area contributed by atoms with E-state index in [0.717, 1.165) is 40.9 Å². The smallest absolute Gasteiger partial charge is 0.227 e. The molecule has 0 saturated heterocycles. The number of anilines is 2. The maximum atomic E-state index is 14.8. The van der Waals surface area contributed by atoms with Gasteiger partial charge in [-0.2, -0.15) is 5.10 Å². The van der Waals surface area contributed by atoms with Crippen molar-refractivity contribution in [2.24, 2.45) is 0 Å². The predicted octanol–water partition coefficient (Wildman–Crippen LogP) is 3.46. The number of nitrogens with one attached hydrogen (secondary N) is 1. The van der Waals surface area contributed by atoms with E-state index < -0.39 is 0 Å². The van der Waals surface area contributed by atoms with Gasteiger partial charge < -0.3 is 10.4 Å². The Bertz CT molecular complexity index is 1050. The van der Waals surface area contributed by atoms with Crippen LogP contribution in [0.15, 0.2) is 30.7 Å². The molecule has 1 aliphatic heterocycles. The van der Waals surface area contributed by atoms with Crippen molar-refractivity contribution in [3.8, 4) is 11.3 Å². The lowest BCUT2D eigenvalue weighted by Gasteiger charge is -2.28. The molecule has 0 spiro atoms. The van der Waals surface area contributed by atoms with Crippen LogP contribution >= 0.6 is 0 Å². The highest BCUT2D eigenvalue weighted by molar-refractivity contribution is 5.64. The SMILES string of the molecule is Cc1cnc(Nc2cc3c(cc2F)CN(CCO)CC3)nc1-c1cnn(C(C)C)c1. The van der Waals surface area contributed by atoms with Crippen molar-refractivity contribution in [2.75, 3.05) is 25.0 Å². The maximum Gasteiger partial charge on any atom is 0.227 e. The van der Waals surface area contributed by atoms with Crippen LogP contribution in [0.4, 0.5) is 16.0 Å². The topological polar surface area (TPSA) is 79.1 Å². The summed E-state index contributed by atoms with van der Waals surface area (Å²) in [5.74, 6) is 0.0161. The van der Waals surface area contributed by atoms with Crippen LogP contribution in [0.5, 0.6) is 0 Å². The highest BCUT2D eigenvalue weighted by atomic mass is 19.1. The molecule has 2 N–H and O–H groups in total. The average Bonchev–Trinajstić information content (AvgIpc) is 3.21. The Morgan fingerprint density at radius 3 is 2.80 bits per heavy atom. The largest absolute Gasteiger partial charge is 0.395 e. The predicted molar refractivity (Wildman–Crippen MR) is 114 cm³/mol. The second kappa shape index (κ2) is 8.49. The molecule has 0 fully saturated rings. The number of halogens is 1. The number of hydrogen-bond donors (Lipinski definition) is 2. The maximum absolute atomic E-state index is 14.8. The van der Waals surface area contributed by atoms with Crippen LogP contribution in [0.3, 0.4) is 0 Å². The van der Waals surface area contributed by atoms with Crippen molar-refractivity contribution >= 4 is 11.6 Å². The fraction of sp³-hybridized carbons (Fsp3) is 0.409. The number of aryl methyl sites for hydroxylation is 1. The molecule has 8 heteroatoms. The van der Waals surface area contributed by atoms with Gasteiger partial charge in [-0.1, -0.05) is 0 Å². The fourth-order valence-electron chi connectivity index (χ4n) is 3.72. The highest BCUT2D eigenvalue weighted by Gasteiger charge is 2.19. The van der Waals surface area contributed by atoms with Crippen molar-refractivity contribution in [3.63, 3.8) is 0 Å². The number of aromatic nitrogens is 4. The third kappa shape index (κ3) is 4.20. The molecule has 0 radical (unpaired) electrons. The molecule has 2 aromatic heterocycles. The van der Waals surface area contributed by atoms with E-state index in [9.17, 15) is 4.39 Å². The van der Waals surface area contributed by atoms with Gasteiger partial charge in [-0.3, -0.25) is 9.58 Å². The lowest BCUT2D eigenvalue weighted by Crippen LogP contribution is -2.32. The molecule has 3 heterocycles. The number of fused-ring (bicyclic) bond motifs is 1. The molecule has 3 aromatic rings. The van der Waals surface area contributed by atoms with Gasteiger partial charge >= 0.3 is 0 Å². The van der Waals surface area contributed by atoms with Crippen LogP contribution in [0.25, 0.3) is 11.3 Å². The third-order valence-corrected chi connectivity index (χ3v) is 5.42. The highest BCUT2D eigenvalue weighted by Crippen LogP contribution is 2.28. The van der Waals surface area contributed by atoms with E-state index in [4.69, 9.17) is 5.11 Å². The summed E-state index contributed by atoms with van der Waals surface area (Å²) in [5, 5.41) is 16.6. The van der Waals surface area contributed by atoms with Crippen molar-refractivity contribution < 1.29 is 9.50 Å². The summed E-state index contributed by atoms with van der Waals surface area (Å²) < 4.78 is 16.7. The van der Waals surface area contributed by atoms with Gasteiger partial charge in [0.25, 0.3) is 0 Å². The monoisotopic (exact) mass is 410 g/mol. The fourth-order valence-corrected chi connectivity index (χ4v) is 3.72. The number of rotatable bonds is 6. The molecule has 1 aromatic carbocycles. The molecule has 0 amide bonds. The normalized spacial score (nSPS) is 14.2. The molecule has 7 nitrogen and oxygen atoms in total. The van der Waals surface area contributed by atoms with Gasteiger partial charge in [-0.05, 0) is 56.0 Å². The zero-order chi connectivity index (χ0) is 21.3. The Hall–Kier alpha value is -2.84. The van der Waals surface area contributed by atoms with E-state index in [2.05, 4.69) is 39.1 Å². The van der Waals surface area contributed by atoms with E-state index >= 15 is 0 Å². The molecule has 158 valence electrons. The van der Waals surface area contributed by atoms with Gasteiger partial charge in [0.2, 0.25) is 5.95 Å². The minimum Gasteiger partial charge on any atom is -0.395 e. The van der Waals surface area contributed by atoms with Crippen LogP contribution in [0.1, 0.15) is 36.6 Å². The van der Waals surface area contributed by atoms with Crippen molar-refractivity contribution in [1.29, 1.82) is 0 Å². The molecular weight excluding hydrogens is 383 g/mol. The molecule has 0 unspecified atom stereocenters. The summed E-state index contributed by atoms with van der Waals surface area (Å²) in [6.45, 7) is 8.30. The number of aliphatic hydroxyl groups excluding tert-OH is 1. The van der Waals surface area contributed by atoms with Gasteiger partial charge in [0, 0.05) is 43.6 Å². The average molecular weight is 410 g/mol. The van der Waals surface area contributed by atoms with E-state index in [1.165, 1.54) is 0 Å². The summed E-state index contributed by atoms with van der Waals surface area (Å²) >= 11 is 0. The van der Waals surface area contributed by atoms with Crippen LogP contribution in [-0.2, 0) is 13.0 Å². The van der Waals surface area contributed by atoms with Gasteiger partial charge in [-0.25, -0.2) is 14.4 Å². The summed E-state index contributed by atoms with van der Waals surface area (Å²) in [7, 11) is 0. The Morgan fingerprint density at radius 1 is 1.23 bits per heavy atom. The van der Waals surface area contributed by atoms with Crippen molar-refractivity contribution in [2.45, 2.75) is 39.8 Å². The first-order valence-corrected chi connectivity index (χ1v) is 10.2. The lowest BCUT2D eigenvalue weighted by molar-refractivity contribution is 0.184. The molecule has 0 aliphatic carbocycles. The van der Waals surface area contributed by atoms with Gasteiger partial charge in [0.15, 0.2) is 0 Å². The Kier molecular flexibility index (Phi) is 5.78. The lowest BCUT2D eigenvalue weighted by atomic mass is 9.98. The second-order valence-electron chi connectivity index (χ2n) is 8.00. The van der Waals surface area contributed by atoms with Crippen LogP contribution in [0.2, 0.25) is 0 Å². The van der Waals surface area contributed by atoms with E-state index in [-0.39, 0.29) is 18.5 Å². The van der Waals surface area contributed by atoms with Gasteiger partial charge in [0.05, 0.1) is 24.2 Å². The number of benzene rings is 1. The Morgan fingerprint density at radius 2 is 2.07 bits per heavy atom. The summed E-state index contributed by atoms with van der Waals surface area (Å²) in [5.41, 5.74) is 5.05. The minimum atomic E-state index is -0.335. The Balaban J connectivity index is 1.59. The zero-order valence-electron chi connectivity index (χ0n) is 17.6. The van der Waals surface area contributed by atoms with Crippen molar-refractivity contribution in [3.05, 3.63) is 53.2 Å². The van der Waals surface area contributed by atoms with E-state index in [1.807, 2.05) is 23.9 Å². The number of nitrogens with zero attached hydrogens (tertiary/aromatic N) is 5. The number of β-amino-alcohol motifs (C(OH)–C–C–N with tert-alkyl or cyclic N) is 1. The van der Waals surface area contributed by atoms with Crippen LogP contribution < -0.4 is 5.32 Å². The molecule has 0 saturated carbocycles. The van der Waals surface area contributed by atoms with Crippen LogP contribution in [0, 0.1) is 12.7 Å². The summed E-state index contributed by atoms with van der Waals surface area (Å²) in [6, 6.07) is 3.68. The first-order valence-electron chi connectivity index (χ1n) is 10.2. The van der Waals surface area contributed by atoms with Gasteiger partial charge in [0.1, 0.15) is 5.82 Å². The van der Waals surface area contributed by atoms with Gasteiger partial charge in [-0.15, -0.1) is 0 Å². The molecule has 0 bridgehead atoms. The van der Waals surface area contributed by atoms with E-state index in [0.29, 0.717) is 24.7 Å². The third-order valence-electron chi connectivity index (χ3n) is 5.42. The minimum absolute atomic E-state index is 0.112. The first-order chi connectivity index (χ1) is 14.4. The molecule has 30 heavy (non-hydrogen) atoms. The summed E-state index contributed by atoms with van der Waals surface area (Å²) in [4.78, 5) is 11.1. The number of aliphatic hydroxyl groups is 1. The number of hydrogen-bond acceptors (Lipinski definition) is 6. The molecule has 1 aliphatic rings. The van der Waals surface area contributed by atoms with E-state index in [1.54, 1.807) is 18.5 Å². The molecule has 4 rings (SSSR count). The zero-order valence-corrected chi connectivity index (χ0v) is 17.6. The van der Waals surface area contributed by atoms with Crippen molar-refractivity contribution in [1.82, 2.24) is 24.6 Å². The standard InChI is InChI=1S/C22H27FN6O/c1-14(2)29-13-18(11-25-29)21-15(3)10-24-22(27-21)26-20-9-16-4-5-28(6-7-30)12-17(16)8-19(20)23/h8-11,13-14,30H,4-7,12H2,1-3H3,(H,24,26,27). The first kappa shape index (κ1) is 20.4.